The third-order valence-electron chi connectivity index (χ3n) is 5.10. The summed E-state index contributed by atoms with van der Waals surface area (Å²) in [5.74, 6) is 2.49. The van der Waals surface area contributed by atoms with Crippen LogP contribution in [0.4, 0.5) is 5.69 Å². The molecule has 0 spiro atoms. The van der Waals surface area contributed by atoms with Crippen LogP contribution >= 0.6 is 0 Å². The fourth-order valence-corrected chi connectivity index (χ4v) is 3.76. The van der Waals surface area contributed by atoms with Crippen LogP contribution in [0.1, 0.15) is 36.2 Å². The molecule has 150 valence electrons. The van der Waals surface area contributed by atoms with Gasteiger partial charge < -0.3 is 14.6 Å². The van der Waals surface area contributed by atoms with Gasteiger partial charge in [-0.15, -0.1) is 10.2 Å². The molecule has 0 aliphatic carbocycles. The average molecular weight is 390 g/mol. The molecule has 1 N–H and O–H groups in total. The van der Waals surface area contributed by atoms with Gasteiger partial charge >= 0.3 is 0 Å². The zero-order valence-corrected chi connectivity index (χ0v) is 16.9. The maximum atomic E-state index is 12.2. The second-order valence-electron chi connectivity index (χ2n) is 7.64. The number of fused-ring (bicyclic) bond motifs is 1. The molecular formula is C23H26N4O2. The Bertz CT molecular complexity index is 988. The molecule has 2 heterocycles. The summed E-state index contributed by atoms with van der Waals surface area (Å²) < 4.78 is 7.85. The van der Waals surface area contributed by atoms with Crippen molar-refractivity contribution in [2.45, 2.75) is 46.1 Å². The normalized spacial score (nSPS) is 13.4. The Morgan fingerprint density at radius 3 is 2.55 bits per heavy atom. The van der Waals surface area contributed by atoms with Crippen LogP contribution in [0.2, 0.25) is 0 Å². The fourth-order valence-electron chi connectivity index (χ4n) is 3.76. The molecule has 0 saturated carbocycles. The minimum Gasteiger partial charge on any atom is -0.484 e. The number of nitrogens with one attached hydrogen (secondary N) is 1. The lowest BCUT2D eigenvalue weighted by Crippen LogP contribution is -2.20. The monoisotopic (exact) mass is 390 g/mol. The Labute approximate surface area is 170 Å². The number of aryl methyl sites for hydroxylation is 3. The van der Waals surface area contributed by atoms with Crippen LogP contribution in [0.25, 0.3) is 11.4 Å². The molecule has 1 aromatic heterocycles. The SMILES string of the molecule is Cc1cc(C)cc(OCC(=O)Nc2ccc(-c3nnc4n3CCCCC4)cc2)c1. The number of carbonyl (C=O) groups excluding carboxylic acids is 1. The summed E-state index contributed by atoms with van der Waals surface area (Å²) in [6.07, 6.45) is 4.56. The van der Waals surface area contributed by atoms with Crippen LogP contribution in [0.15, 0.2) is 42.5 Å². The summed E-state index contributed by atoms with van der Waals surface area (Å²) in [6, 6.07) is 13.7. The molecule has 1 aliphatic heterocycles. The smallest absolute Gasteiger partial charge is 0.262 e. The second kappa shape index (κ2) is 8.47. The minimum atomic E-state index is -0.187. The summed E-state index contributed by atoms with van der Waals surface area (Å²) in [7, 11) is 0. The van der Waals surface area contributed by atoms with Gasteiger partial charge in [0.05, 0.1) is 0 Å². The summed E-state index contributed by atoms with van der Waals surface area (Å²) in [5.41, 5.74) is 3.97. The number of benzene rings is 2. The summed E-state index contributed by atoms with van der Waals surface area (Å²) in [6.45, 7) is 4.96. The standard InChI is InChI=1S/C23H26N4O2/c1-16-12-17(2)14-20(13-16)29-15-22(28)24-19-9-7-18(8-10-19)23-26-25-21-6-4-3-5-11-27(21)23/h7-10,12-14H,3-6,11,15H2,1-2H3,(H,24,28). The number of aromatic nitrogens is 3. The molecule has 0 fully saturated rings. The van der Waals surface area contributed by atoms with Gasteiger partial charge in [0.2, 0.25) is 0 Å². The summed E-state index contributed by atoms with van der Waals surface area (Å²) >= 11 is 0. The van der Waals surface area contributed by atoms with Gasteiger partial charge in [-0.3, -0.25) is 4.79 Å². The van der Waals surface area contributed by atoms with Crippen molar-refractivity contribution in [3.63, 3.8) is 0 Å². The van der Waals surface area contributed by atoms with Gasteiger partial charge in [0.1, 0.15) is 11.6 Å². The van der Waals surface area contributed by atoms with E-state index in [1.165, 1.54) is 12.8 Å². The van der Waals surface area contributed by atoms with Gasteiger partial charge in [-0.05, 0) is 74.2 Å². The number of nitrogens with zero attached hydrogens (tertiary/aromatic N) is 3. The van der Waals surface area contributed by atoms with Crippen molar-refractivity contribution in [1.29, 1.82) is 0 Å². The molecule has 6 nitrogen and oxygen atoms in total. The van der Waals surface area contributed by atoms with Crippen molar-refractivity contribution in [1.82, 2.24) is 14.8 Å². The van der Waals surface area contributed by atoms with Crippen molar-refractivity contribution >= 4 is 11.6 Å². The molecule has 0 radical (unpaired) electrons. The van der Waals surface area contributed by atoms with E-state index in [4.69, 9.17) is 4.74 Å². The van der Waals surface area contributed by atoms with Crippen LogP contribution in [0.3, 0.4) is 0 Å². The summed E-state index contributed by atoms with van der Waals surface area (Å²) in [5, 5.41) is 11.6. The third kappa shape index (κ3) is 4.65. The van der Waals surface area contributed by atoms with Gasteiger partial charge in [-0.1, -0.05) is 12.5 Å². The predicted octanol–water partition coefficient (Wildman–Crippen LogP) is 4.31. The topological polar surface area (TPSA) is 69.0 Å². The molecule has 0 saturated heterocycles. The molecule has 1 aliphatic rings. The first-order valence-corrected chi connectivity index (χ1v) is 10.1. The van der Waals surface area contributed by atoms with E-state index in [2.05, 4.69) is 26.1 Å². The van der Waals surface area contributed by atoms with Crippen molar-refractivity contribution < 1.29 is 9.53 Å². The van der Waals surface area contributed by atoms with E-state index in [-0.39, 0.29) is 12.5 Å². The molecular weight excluding hydrogens is 364 g/mol. The first kappa shape index (κ1) is 19.2. The van der Waals surface area contributed by atoms with Gasteiger partial charge in [-0.2, -0.15) is 0 Å². The van der Waals surface area contributed by atoms with Gasteiger partial charge in [0.15, 0.2) is 12.4 Å². The number of hydrogen-bond donors (Lipinski definition) is 1. The van der Waals surface area contributed by atoms with Crippen LogP contribution in [0.5, 0.6) is 5.75 Å². The average Bonchev–Trinajstić information content (AvgIpc) is 2.94. The quantitative estimate of drug-likeness (QED) is 0.705. The van der Waals surface area contributed by atoms with Crippen molar-refractivity contribution in [3.05, 3.63) is 59.4 Å². The van der Waals surface area contributed by atoms with E-state index < -0.39 is 0 Å². The number of carbonyl (C=O) groups is 1. The lowest BCUT2D eigenvalue weighted by Gasteiger charge is -2.10. The number of amides is 1. The first-order valence-electron chi connectivity index (χ1n) is 10.1. The Hall–Kier alpha value is -3.15. The molecule has 0 bridgehead atoms. The molecule has 4 rings (SSSR count). The van der Waals surface area contributed by atoms with Crippen LogP contribution in [0, 0.1) is 13.8 Å². The molecule has 6 heteroatoms. The summed E-state index contributed by atoms with van der Waals surface area (Å²) in [4.78, 5) is 12.2. The maximum Gasteiger partial charge on any atom is 0.262 e. The van der Waals surface area contributed by atoms with Gasteiger partial charge in [-0.25, -0.2) is 0 Å². The molecule has 0 atom stereocenters. The van der Waals surface area contributed by atoms with Gasteiger partial charge in [0, 0.05) is 24.2 Å². The molecule has 3 aromatic rings. The fraction of sp³-hybridized carbons (Fsp3) is 0.348. The number of rotatable bonds is 5. The zero-order chi connectivity index (χ0) is 20.2. The van der Waals surface area contributed by atoms with Crippen LogP contribution in [-0.2, 0) is 17.8 Å². The number of anilines is 1. The lowest BCUT2D eigenvalue weighted by molar-refractivity contribution is -0.118. The van der Waals surface area contributed by atoms with Crippen molar-refractivity contribution in [3.8, 4) is 17.1 Å². The second-order valence-corrected chi connectivity index (χ2v) is 7.64. The van der Waals surface area contributed by atoms with Crippen molar-refractivity contribution in [2.75, 3.05) is 11.9 Å². The zero-order valence-electron chi connectivity index (χ0n) is 16.9. The highest BCUT2D eigenvalue weighted by Crippen LogP contribution is 2.24. The number of hydrogen-bond acceptors (Lipinski definition) is 4. The Morgan fingerprint density at radius 1 is 1.03 bits per heavy atom. The van der Waals surface area contributed by atoms with Crippen LogP contribution < -0.4 is 10.1 Å². The van der Waals surface area contributed by atoms with Gasteiger partial charge in [0.25, 0.3) is 5.91 Å². The predicted molar refractivity (Wildman–Crippen MR) is 113 cm³/mol. The van der Waals surface area contributed by atoms with E-state index in [1.54, 1.807) is 0 Å². The van der Waals surface area contributed by atoms with Crippen LogP contribution in [-0.4, -0.2) is 27.3 Å². The third-order valence-corrected chi connectivity index (χ3v) is 5.10. The first-order chi connectivity index (χ1) is 14.1. The van der Waals surface area contributed by atoms with E-state index in [9.17, 15) is 4.79 Å². The Kier molecular flexibility index (Phi) is 5.60. The van der Waals surface area contributed by atoms with E-state index in [0.29, 0.717) is 5.75 Å². The highest BCUT2D eigenvalue weighted by Gasteiger charge is 2.16. The lowest BCUT2D eigenvalue weighted by atomic mass is 10.1. The van der Waals surface area contributed by atoms with E-state index in [1.807, 2.05) is 50.2 Å². The Morgan fingerprint density at radius 2 is 1.79 bits per heavy atom. The largest absolute Gasteiger partial charge is 0.484 e. The van der Waals surface area contributed by atoms with E-state index >= 15 is 0 Å². The molecule has 0 unspecified atom stereocenters. The maximum absolute atomic E-state index is 12.2. The number of ether oxygens (including phenoxy) is 1. The minimum absolute atomic E-state index is 0.0255. The highest BCUT2D eigenvalue weighted by atomic mass is 16.5. The Balaban J connectivity index is 1.38. The highest BCUT2D eigenvalue weighted by molar-refractivity contribution is 5.92. The van der Waals surface area contributed by atoms with E-state index in [0.717, 1.165) is 53.4 Å². The molecule has 2 aromatic carbocycles. The van der Waals surface area contributed by atoms with Crippen molar-refractivity contribution in [2.24, 2.45) is 0 Å². The molecule has 29 heavy (non-hydrogen) atoms. The molecule has 1 amide bonds.